The number of benzene rings is 3. The van der Waals surface area contributed by atoms with E-state index < -0.39 is 28.4 Å². The molecule has 0 bridgehead atoms. The van der Waals surface area contributed by atoms with Gasteiger partial charge in [0, 0.05) is 10.6 Å². The van der Waals surface area contributed by atoms with E-state index in [4.69, 9.17) is 16.3 Å². The van der Waals surface area contributed by atoms with Crippen molar-refractivity contribution in [1.82, 2.24) is 0 Å². The predicted octanol–water partition coefficient (Wildman–Crippen LogP) is 4.76. The van der Waals surface area contributed by atoms with Gasteiger partial charge in [-0.25, -0.2) is 13.2 Å². The Morgan fingerprint density at radius 3 is 2.31 bits per heavy atom. The molecule has 0 saturated heterocycles. The number of sulfonamides is 1. The molecular weight excluding hydrogens is 450 g/mol. The Bertz CT molecular complexity index is 1240. The predicted molar refractivity (Wildman–Crippen MR) is 124 cm³/mol. The van der Waals surface area contributed by atoms with Crippen LogP contribution in [0.3, 0.4) is 0 Å². The van der Waals surface area contributed by atoms with Crippen molar-refractivity contribution in [2.24, 2.45) is 0 Å². The zero-order valence-electron chi connectivity index (χ0n) is 17.0. The van der Waals surface area contributed by atoms with E-state index in [0.29, 0.717) is 16.3 Å². The zero-order valence-corrected chi connectivity index (χ0v) is 18.6. The van der Waals surface area contributed by atoms with Crippen molar-refractivity contribution in [2.45, 2.75) is 4.90 Å². The summed E-state index contributed by atoms with van der Waals surface area (Å²) in [5.74, 6) is -1.24. The van der Waals surface area contributed by atoms with Crippen LogP contribution in [0.1, 0.15) is 20.7 Å². The van der Waals surface area contributed by atoms with E-state index in [2.05, 4.69) is 6.58 Å². The van der Waals surface area contributed by atoms with Crippen LogP contribution in [0.5, 0.6) is 0 Å². The largest absolute Gasteiger partial charge is 0.454 e. The molecular formula is C24H20ClNO5S. The molecule has 3 rings (SSSR count). The van der Waals surface area contributed by atoms with Crippen LogP contribution in [0.4, 0.5) is 5.69 Å². The number of esters is 1. The maximum atomic E-state index is 13.2. The van der Waals surface area contributed by atoms with E-state index in [0.717, 1.165) is 0 Å². The summed E-state index contributed by atoms with van der Waals surface area (Å²) in [5.41, 5.74) is 0.786. The zero-order chi connectivity index (χ0) is 23.1. The number of carbonyl (C=O) groups excluding carboxylic acids is 2. The lowest BCUT2D eigenvalue weighted by Crippen LogP contribution is -2.31. The summed E-state index contributed by atoms with van der Waals surface area (Å²) in [6, 6.07) is 20.3. The van der Waals surface area contributed by atoms with Gasteiger partial charge in [-0.15, -0.1) is 6.58 Å². The summed E-state index contributed by atoms with van der Waals surface area (Å²) < 4.78 is 32.8. The van der Waals surface area contributed by atoms with Crippen LogP contribution in [-0.4, -0.2) is 33.3 Å². The monoisotopic (exact) mass is 469 g/mol. The number of carbonyl (C=O) groups is 2. The smallest absolute Gasteiger partial charge is 0.338 e. The van der Waals surface area contributed by atoms with Crippen molar-refractivity contribution in [3.05, 3.63) is 108 Å². The van der Waals surface area contributed by atoms with Crippen molar-refractivity contribution in [1.29, 1.82) is 0 Å². The minimum Gasteiger partial charge on any atom is -0.454 e. The Hall–Kier alpha value is -3.42. The molecule has 0 aliphatic rings. The highest BCUT2D eigenvalue weighted by molar-refractivity contribution is 7.92. The van der Waals surface area contributed by atoms with Crippen molar-refractivity contribution in [3.8, 4) is 0 Å². The van der Waals surface area contributed by atoms with Crippen molar-refractivity contribution in [3.63, 3.8) is 0 Å². The summed E-state index contributed by atoms with van der Waals surface area (Å²) in [5, 5.41) is 0.391. The number of Topliss-reactive ketones (excluding diaryl/α,β-unsaturated/α-hetero) is 1. The van der Waals surface area contributed by atoms with Crippen molar-refractivity contribution in [2.75, 3.05) is 17.5 Å². The summed E-state index contributed by atoms with van der Waals surface area (Å²) in [4.78, 5) is 24.6. The first kappa shape index (κ1) is 23.2. The van der Waals surface area contributed by atoms with Crippen LogP contribution in [-0.2, 0) is 14.8 Å². The molecule has 0 atom stereocenters. The summed E-state index contributed by atoms with van der Waals surface area (Å²) in [6.45, 7) is 3.18. The van der Waals surface area contributed by atoms with Crippen molar-refractivity contribution < 1.29 is 22.7 Å². The van der Waals surface area contributed by atoms with E-state index in [1.54, 1.807) is 48.5 Å². The molecule has 0 fully saturated rings. The molecule has 0 heterocycles. The number of hydrogen-bond donors (Lipinski definition) is 0. The Morgan fingerprint density at radius 2 is 1.62 bits per heavy atom. The number of nitrogens with zero attached hydrogens (tertiary/aromatic N) is 1. The first-order valence-corrected chi connectivity index (χ1v) is 11.4. The SMILES string of the molecule is C=CCN(c1ccccc1)S(=O)(=O)c1cccc(C(=O)OCC(=O)c2cccc(Cl)c2)c1. The number of rotatable bonds is 9. The Labute approximate surface area is 191 Å². The fraction of sp³-hybridized carbons (Fsp3) is 0.0833. The molecule has 164 valence electrons. The van der Waals surface area contributed by atoms with Gasteiger partial charge >= 0.3 is 5.97 Å². The molecule has 8 heteroatoms. The number of halogens is 1. The Balaban J connectivity index is 1.79. The number of ether oxygens (including phenoxy) is 1. The highest BCUT2D eigenvalue weighted by atomic mass is 35.5. The average Bonchev–Trinajstić information content (AvgIpc) is 2.81. The maximum absolute atomic E-state index is 13.2. The highest BCUT2D eigenvalue weighted by Crippen LogP contribution is 2.24. The van der Waals surface area contributed by atoms with E-state index in [1.165, 1.54) is 40.7 Å². The molecule has 0 unspecified atom stereocenters. The lowest BCUT2D eigenvalue weighted by Gasteiger charge is -2.23. The molecule has 0 aromatic heterocycles. The van der Waals surface area contributed by atoms with Gasteiger partial charge in [0.2, 0.25) is 0 Å². The van der Waals surface area contributed by atoms with Gasteiger partial charge in [0.25, 0.3) is 10.0 Å². The van der Waals surface area contributed by atoms with Crippen LogP contribution in [0.15, 0.2) is 96.4 Å². The minimum atomic E-state index is -3.98. The van der Waals surface area contributed by atoms with Gasteiger partial charge in [-0.1, -0.05) is 54.1 Å². The average molecular weight is 470 g/mol. The molecule has 0 spiro atoms. The first-order valence-electron chi connectivity index (χ1n) is 9.57. The van der Waals surface area contributed by atoms with Crippen LogP contribution in [0.2, 0.25) is 5.02 Å². The molecule has 0 aliphatic heterocycles. The van der Waals surface area contributed by atoms with E-state index in [1.807, 2.05) is 0 Å². The van der Waals surface area contributed by atoms with Gasteiger partial charge in [-0.2, -0.15) is 0 Å². The van der Waals surface area contributed by atoms with Gasteiger partial charge < -0.3 is 4.74 Å². The van der Waals surface area contributed by atoms with Gasteiger partial charge in [0.15, 0.2) is 12.4 Å². The summed E-state index contributed by atoms with van der Waals surface area (Å²) in [6.07, 6.45) is 1.48. The molecule has 32 heavy (non-hydrogen) atoms. The number of hydrogen-bond acceptors (Lipinski definition) is 5. The molecule has 0 N–H and O–H groups in total. The fourth-order valence-electron chi connectivity index (χ4n) is 2.92. The molecule has 0 saturated carbocycles. The standard InChI is InChI=1S/C24H20ClNO5S/c1-2-14-26(21-11-4-3-5-12-21)32(29,30)22-13-7-9-19(16-22)24(28)31-17-23(27)18-8-6-10-20(25)15-18/h2-13,15-16H,1,14,17H2. The number of para-hydroxylation sites is 1. The van der Waals surface area contributed by atoms with Crippen LogP contribution in [0.25, 0.3) is 0 Å². The van der Waals surface area contributed by atoms with Gasteiger partial charge in [-0.3, -0.25) is 9.10 Å². The molecule has 3 aromatic carbocycles. The quantitative estimate of drug-likeness (QED) is 0.256. The van der Waals surface area contributed by atoms with Gasteiger partial charge in [0.1, 0.15) is 0 Å². The number of anilines is 1. The first-order chi connectivity index (χ1) is 15.3. The van der Waals surface area contributed by atoms with Crippen molar-refractivity contribution >= 4 is 39.1 Å². The topological polar surface area (TPSA) is 80.8 Å². The van der Waals surface area contributed by atoms with E-state index in [9.17, 15) is 18.0 Å². The second-order valence-corrected chi connectivity index (χ2v) is 9.00. The van der Waals surface area contributed by atoms with Gasteiger partial charge in [-0.05, 0) is 42.5 Å². The highest BCUT2D eigenvalue weighted by Gasteiger charge is 2.25. The van der Waals surface area contributed by atoms with Crippen LogP contribution < -0.4 is 4.31 Å². The molecule has 0 radical (unpaired) electrons. The lowest BCUT2D eigenvalue weighted by atomic mass is 10.1. The summed E-state index contributed by atoms with van der Waals surface area (Å²) in [7, 11) is -3.98. The van der Waals surface area contributed by atoms with E-state index >= 15 is 0 Å². The molecule has 0 aliphatic carbocycles. The summed E-state index contributed by atoms with van der Waals surface area (Å²) >= 11 is 5.87. The third kappa shape index (κ3) is 5.43. The normalized spacial score (nSPS) is 10.9. The second kappa shape index (κ2) is 10.3. The maximum Gasteiger partial charge on any atom is 0.338 e. The second-order valence-electron chi connectivity index (χ2n) is 6.70. The molecule has 0 amide bonds. The molecule has 6 nitrogen and oxygen atoms in total. The Kier molecular flexibility index (Phi) is 7.45. The minimum absolute atomic E-state index is 0.0107. The molecule has 3 aromatic rings. The third-order valence-corrected chi connectivity index (χ3v) is 6.50. The van der Waals surface area contributed by atoms with E-state index in [-0.39, 0.29) is 17.0 Å². The third-order valence-electron chi connectivity index (χ3n) is 4.48. The van der Waals surface area contributed by atoms with Crippen LogP contribution >= 0.6 is 11.6 Å². The van der Waals surface area contributed by atoms with Gasteiger partial charge in [0.05, 0.1) is 22.7 Å². The Morgan fingerprint density at radius 1 is 0.938 bits per heavy atom. The fourth-order valence-corrected chi connectivity index (χ4v) is 4.60. The lowest BCUT2D eigenvalue weighted by molar-refractivity contribution is 0.0474. The number of ketones is 1. The van der Waals surface area contributed by atoms with Crippen LogP contribution in [0, 0.1) is 0 Å².